The van der Waals surface area contributed by atoms with Gasteiger partial charge in [-0.15, -0.1) is 0 Å². The lowest BCUT2D eigenvalue weighted by atomic mass is 10.00. The van der Waals surface area contributed by atoms with E-state index in [2.05, 4.69) is 10.1 Å². The van der Waals surface area contributed by atoms with Gasteiger partial charge in [0.2, 0.25) is 0 Å². The molecule has 2 aromatic heterocycles. The van der Waals surface area contributed by atoms with Crippen molar-refractivity contribution in [3.63, 3.8) is 0 Å². The second-order valence-corrected chi connectivity index (χ2v) is 7.59. The van der Waals surface area contributed by atoms with E-state index in [0.29, 0.717) is 22.4 Å². The SMILES string of the molecule is C[C@H]1Oc2cc(cnc2N)-c2c(nn(CC(=O)O)c2C#N)CN(C)C(=O)c2ccc(F)cc21. The van der Waals surface area contributed by atoms with Gasteiger partial charge in [-0.25, -0.2) is 14.1 Å². The minimum absolute atomic E-state index is 0.00153. The number of carboxylic acids is 1. The van der Waals surface area contributed by atoms with Gasteiger partial charge in [0.15, 0.2) is 11.6 Å². The molecule has 0 fully saturated rings. The second-order valence-electron chi connectivity index (χ2n) is 7.59. The molecule has 0 aliphatic carbocycles. The van der Waals surface area contributed by atoms with Crippen molar-refractivity contribution < 1.29 is 23.8 Å². The number of nitriles is 1. The van der Waals surface area contributed by atoms with Crippen LogP contribution in [0.5, 0.6) is 5.75 Å². The number of nitrogen functional groups attached to an aromatic ring is 1. The molecular formula is C22H19FN6O4. The first-order valence-electron chi connectivity index (χ1n) is 9.88. The first-order valence-corrected chi connectivity index (χ1v) is 9.88. The van der Waals surface area contributed by atoms with Gasteiger partial charge >= 0.3 is 5.97 Å². The fraction of sp³-hybridized carbons (Fsp3) is 0.227. The Morgan fingerprint density at radius 1 is 1.42 bits per heavy atom. The van der Waals surface area contributed by atoms with Crippen molar-refractivity contribution in [2.24, 2.45) is 0 Å². The van der Waals surface area contributed by atoms with Gasteiger partial charge in [0.05, 0.1) is 12.2 Å². The van der Waals surface area contributed by atoms with Gasteiger partial charge in [-0.05, 0) is 31.2 Å². The minimum atomic E-state index is -1.18. The lowest BCUT2D eigenvalue weighted by Crippen LogP contribution is -2.28. The van der Waals surface area contributed by atoms with Gasteiger partial charge in [-0.2, -0.15) is 10.4 Å². The Labute approximate surface area is 187 Å². The normalized spacial score (nSPS) is 15.4. The molecule has 2 bridgehead atoms. The maximum atomic E-state index is 14.0. The number of carbonyl (C=O) groups excluding carboxylic acids is 1. The Hall–Kier alpha value is -4.46. The van der Waals surface area contributed by atoms with E-state index in [4.69, 9.17) is 10.5 Å². The van der Waals surface area contributed by atoms with Gasteiger partial charge in [0.25, 0.3) is 5.91 Å². The summed E-state index contributed by atoms with van der Waals surface area (Å²) in [5, 5.41) is 23.3. The van der Waals surface area contributed by atoms with Crippen LogP contribution in [0, 0.1) is 17.1 Å². The third-order valence-corrected chi connectivity index (χ3v) is 5.31. The summed E-state index contributed by atoms with van der Waals surface area (Å²) < 4.78 is 21.0. The van der Waals surface area contributed by atoms with E-state index in [9.17, 15) is 24.3 Å². The summed E-state index contributed by atoms with van der Waals surface area (Å²) in [6.45, 7) is 1.07. The zero-order valence-electron chi connectivity index (χ0n) is 17.7. The van der Waals surface area contributed by atoms with Crippen LogP contribution in [0.4, 0.5) is 10.2 Å². The van der Waals surface area contributed by atoms with E-state index in [0.717, 1.165) is 4.68 Å². The predicted molar refractivity (Wildman–Crippen MR) is 113 cm³/mol. The molecule has 11 heteroatoms. The molecule has 3 aromatic rings. The number of benzene rings is 1. The van der Waals surface area contributed by atoms with Crippen LogP contribution in [-0.4, -0.2) is 43.7 Å². The number of pyridine rings is 1. The van der Waals surface area contributed by atoms with Crippen LogP contribution < -0.4 is 10.5 Å². The summed E-state index contributed by atoms with van der Waals surface area (Å²) in [5.74, 6) is -1.91. The molecule has 0 saturated heterocycles. The molecule has 3 heterocycles. The van der Waals surface area contributed by atoms with Crippen molar-refractivity contribution in [1.29, 1.82) is 5.26 Å². The van der Waals surface area contributed by atoms with Crippen molar-refractivity contribution in [3.8, 4) is 22.9 Å². The van der Waals surface area contributed by atoms with E-state index >= 15 is 0 Å². The standard InChI is InChI=1S/C22H19FN6O4/c1-11-15-6-13(23)3-4-14(15)22(32)28(2)9-16-20(12-5-18(33-11)21(25)26-8-12)17(7-24)29(27-16)10-19(30)31/h3-6,8,11H,9-10H2,1-2H3,(H2,25,26)(H,30,31)/t11-/m1/s1. The number of carboxylic acid groups (broad SMARTS) is 1. The van der Waals surface area contributed by atoms with Crippen LogP contribution >= 0.6 is 0 Å². The fourth-order valence-electron chi connectivity index (χ4n) is 3.79. The molecule has 10 nitrogen and oxygen atoms in total. The van der Waals surface area contributed by atoms with Gasteiger partial charge in [-0.1, -0.05) is 0 Å². The van der Waals surface area contributed by atoms with Crippen LogP contribution in [0.25, 0.3) is 11.1 Å². The molecule has 3 N–H and O–H groups in total. The molecule has 4 rings (SSSR count). The quantitative estimate of drug-likeness (QED) is 0.605. The number of hydrogen-bond donors (Lipinski definition) is 2. The Bertz CT molecular complexity index is 1330. The molecule has 1 amide bonds. The van der Waals surface area contributed by atoms with E-state index in [-0.39, 0.29) is 29.4 Å². The number of halogens is 1. The largest absolute Gasteiger partial charge is 0.482 e. The predicted octanol–water partition coefficient (Wildman–Crippen LogP) is 2.35. The first-order chi connectivity index (χ1) is 15.7. The lowest BCUT2D eigenvalue weighted by Gasteiger charge is -2.23. The number of aromatic nitrogens is 3. The van der Waals surface area contributed by atoms with Gasteiger partial charge < -0.3 is 20.5 Å². The molecule has 1 aliphatic heterocycles. The highest BCUT2D eigenvalue weighted by Gasteiger charge is 2.27. The maximum absolute atomic E-state index is 14.0. The zero-order chi connectivity index (χ0) is 23.9. The fourth-order valence-corrected chi connectivity index (χ4v) is 3.79. The van der Waals surface area contributed by atoms with Gasteiger partial charge in [-0.3, -0.25) is 9.59 Å². The van der Waals surface area contributed by atoms with Crippen LogP contribution in [0.2, 0.25) is 0 Å². The number of nitrogens with zero attached hydrogens (tertiary/aromatic N) is 5. The number of carbonyl (C=O) groups is 2. The van der Waals surface area contributed by atoms with Gasteiger partial charge in [0.1, 0.15) is 30.2 Å². The van der Waals surface area contributed by atoms with Crippen molar-refractivity contribution in [1.82, 2.24) is 19.7 Å². The summed E-state index contributed by atoms with van der Waals surface area (Å²) >= 11 is 0. The van der Waals surface area contributed by atoms with Crippen LogP contribution in [0.1, 0.15) is 40.3 Å². The minimum Gasteiger partial charge on any atom is -0.482 e. The molecule has 1 atom stereocenters. The monoisotopic (exact) mass is 450 g/mol. The van der Waals surface area contributed by atoms with Crippen molar-refractivity contribution in [3.05, 3.63) is 58.8 Å². The number of rotatable bonds is 2. The summed E-state index contributed by atoms with van der Waals surface area (Å²) in [5.41, 5.74) is 7.56. The van der Waals surface area contributed by atoms with Crippen molar-refractivity contribution in [2.45, 2.75) is 26.1 Å². The smallest absolute Gasteiger partial charge is 0.325 e. The first kappa shape index (κ1) is 21.8. The van der Waals surface area contributed by atoms with Crippen LogP contribution in [0.3, 0.4) is 0 Å². The molecule has 0 radical (unpaired) electrons. The summed E-state index contributed by atoms with van der Waals surface area (Å²) in [4.78, 5) is 30.1. The number of nitrogens with two attached hydrogens (primary N) is 1. The third kappa shape index (κ3) is 3.94. The number of hydrogen-bond acceptors (Lipinski definition) is 7. The molecule has 0 saturated carbocycles. The summed E-state index contributed by atoms with van der Waals surface area (Å²) in [7, 11) is 1.53. The molecule has 1 aromatic carbocycles. The average molecular weight is 450 g/mol. The Morgan fingerprint density at radius 2 is 2.18 bits per heavy atom. The summed E-state index contributed by atoms with van der Waals surface area (Å²) in [6, 6.07) is 7.34. The highest BCUT2D eigenvalue weighted by Crippen LogP contribution is 2.36. The maximum Gasteiger partial charge on any atom is 0.325 e. The molecule has 0 spiro atoms. The zero-order valence-corrected chi connectivity index (χ0v) is 17.7. The molecule has 33 heavy (non-hydrogen) atoms. The Morgan fingerprint density at radius 3 is 2.88 bits per heavy atom. The van der Waals surface area contributed by atoms with Crippen molar-refractivity contribution in [2.75, 3.05) is 12.8 Å². The van der Waals surface area contributed by atoms with Crippen LogP contribution in [-0.2, 0) is 17.9 Å². The highest BCUT2D eigenvalue weighted by atomic mass is 19.1. The van der Waals surface area contributed by atoms with E-state index in [1.807, 2.05) is 6.07 Å². The average Bonchev–Trinajstić information content (AvgIpc) is 3.09. The molecule has 168 valence electrons. The number of ether oxygens (including phenoxy) is 1. The van der Waals surface area contributed by atoms with E-state index in [1.54, 1.807) is 13.0 Å². The summed E-state index contributed by atoms with van der Waals surface area (Å²) in [6.07, 6.45) is 0.664. The molecule has 1 aliphatic rings. The number of amides is 1. The van der Waals surface area contributed by atoms with Crippen molar-refractivity contribution >= 4 is 17.7 Å². The number of fused-ring (bicyclic) bond motifs is 5. The topological polar surface area (TPSA) is 147 Å². The van der Waals surface area contributed by atoms with E-state index < -0.39 is 30.3 Å². The second kappa shape index (κ2) is 8.23. The Balaban J connectivity index is 1.98. The third-order valence-electron chi connectivity index (χ3n) is 5.31. The van der Waals surface area contributed by atoms with Crippen LogP contribution in [0.15, 0.2) is 30.5 Å². The Kier molecular flexibility index (Phi) is 5.43. The highest BCUT2D eigenvalue weighted by molar-refractivity contribution is 5.96. The molecular weight excluding hydrogens is 431 g/mol. The lowest BCUT2D eigenvalue weighted by molar-refractivity contribution is -0.137. The van der Waals surface area contributed by atoms with E-state index in [1.165, 1.54) is 36.3 Å². The number of aliphatic carboxylic acids is 1. The van der Waals surface area contributed by atoms with Gasteiger partial charge in [0, 0.05) is 35.5 Å². The molecule has 0 unspecified atom stereocenters. The number of anilines is 1.